The van der Waals surface area contributed by atoms with E-state index in [4.69, 9.17) is 0 Å². The Balaban J connectivity index is 2.07. The molecule has 0 bridgehead atoms. The molecule has 0 atom stereocenters. The van der Waals surface area contributed by atoms with Gasteiger partial charge in [0.25, 0.3) is 11.6 Å². The molecule has 0 unspecified atom stereocenters. The second-order valence-corrected chi connectivity index (χ2v) is 6.80. The van der Waals surface area contributed by atoms with Crippen LogP contribution in [0.5, 0.6) is 0 Å². The average Bonchev–Trinajstić information content (AvgIpc) is 2.93. The van der Waals surface area contributed by atoms with Gasteiger partial charge in [0, 0.05) is 28.7 Å². The molecule has 3 aromatic rings. The smallest absolute Gasteiger partial charge is 0.279 e. The molecule has 0 fully saturated rings. The lowest BCUT2D eigenvalue weighted by atomic mass is 10.2. The highest BCUT2D eigenvalue weighted by Crippen LogP contribution is 2.25. The third-order valence-electron chi connectivity index (χ3n) is 3.49. The highest BCUT2D eigenvalue weighted by atomic mass is 79.9. The van der Waals surface area contributed by atoms with Gasteiger partial charge in [0.1, 0.15) is 0 Å². The number of rotatable bonds is 3. The number of hydrogen-bond donors (Lipinski definition) is 0. The lowest BCUT2D eigenvalue weighted by Gasteiger charge is -2.02. The molecule has 122 valence electrons. The minimum Gasteiger partial charge on any atom is -0.316 e. The SMILES string of the molecule is CCn1c(=NC(=O)c2ccc([N+](=O)[O-])cc2)sc2cccc(Br)c21. The number of hydrogen-bond acceptors (Lipinski definition) is 4. The van der Waals surface area contributed by atoms with Crippen LogP contribution in [0.25, 0.3) is 10.2 Å². The summed E-state index contributed by atoms with van der Waals surface area (Å²) in [6.07, 6.45) is 0. The first-order valence-corrected chi connectivity index (χ1v) is 8.73. The van der Waals surface area contributed by atoms with E-state index in [-0.39, 0.29) is 5.69 Å². The summed E-state index contributed by atoms with van der Waals surface area (Å²) >= 11 is 4.96. The van der Waals surface area contributed by atoms with Crippen molar-refractivity contribution in [3.8, 4) is 0 Å². The van der Waals surface area contributed by atoms with E-state index < -0.39 is 10.8 Å². The van der Waals surface area contributed by atoms with Crippen LogP contribution in [0.2, 0.25) is 0 Å². The lowest BCUT2D eigenvalue weighted by Crippen LogP contribution is -2.16. The van der Waals surface area contributed by atoms with Gasteiger partial charge in [-0.2, -0.15) is 4.99 Å². The maximum absolute atomic E-state index is 12.4. The van der Waals surface area contributed by atoms with Crippen LogP contribution in [-0.2, 0) is 6.54 Å². The van der Waals surface area contributed by atoms with Crippen LogP contribution in [0.15, 0.2) is 51.9 Å². The van der Waals surface area contributed by atoms with Crippen LogP contribution in [0.4, 0.5) is 5.69 Å². The van der Waals surface area contributed by atoms with Gasteiger partial charge >= 0.3 is 0 Å². The molecule has 0 spiro atoms. The van der Waals surface area contributed by atoms with Crippen LogP contribution < -0.4 is 4.80 Å². The fraction of sp³-hybridized carbons (Fsp3) is 0.125. The molecule has 3 rings (SSSR count). The third kappa shape index (κ3) is 3.02. The van der Waals surface area contributed by atoms with E-state index in [2.05, 4.69) is 20.9 Å². The molecule has 1 aromatic heterocycles. The molecule has 0 radical (unpaired) electrons. The van der Waals surface area contributed by atoms with Gasteiger partial charge in [-0.25, -0.2) is 0 Å². The minimum atomic E-state index is -0.500. The van der Waals surface area contributed by atoms with Gasteiger partial charge in [-0.05, 0) is 47.1 Å². The standard InChI is InChI=1S/C16H12BrN3O3S/c1-2-19-14-12(17)4-3-5-13(14)24-16(19)18-15(21)10-6-8-11(9-7-10)20(22)23/h3-9H,2H2,1H3. The molecule has 8 heteroatoms. The van der Waals surface area contributed by atoms with Crippen LogP contribution >= 0.6 is 27.3 Å². The Morgan fingerprint density at radius 1 is 1.29 bits per heavy atom. The summed E-state index contributed by atoms with van der Waals surface area (Å²) < 4.78 is 3.94. The summed E-state index contributed by atoms with van der Waals surface area (Å²) in [7, 11) is 0. The molecule has 1 amide bonds. The normalized spacial score (nSPS) is 11.8. The summed E-state index contributed by atoms with van der Waals surface area (Å²) in [4.78, 5) is 27.4. The molecular weight excluding hydrogens is 394 g/mol. The van der Waals surface area contributed by atoms with Crippen molar-refractivity contribution in [2.75, 3.05) is 0 Å². The van der Waals surface area contributed by atoms with Crippen molar-refractivity contribution in [3.63, 3.8) is 0 Å². The van der Waals surface area contributed by atoms with Crippen molar-refractivity contribution in [2.45, 2.75) is 13.5 Å². The number of carbonyl (C=O) groups is 1. The summed E-state index contributed by atoms with van der Waals surface area (Å²) in [6, 6.07) is 11.3. The molecule has 0 saturated carbocycles. The van der Waals surface area contributed by atoms with E-state index in [0.29, 0.717) is 16.9 Å². The second kappa shape index (κ2) is 6.66. The number of aromatic nitrogens is 1. The Morgan fingerprint density at radius 3 is 2.62 bits per heavy atom. The maximum atomic E-state index is 12.4. The number of nitro benzene ring substituents is 1. The van der Waals surface area contributed by atoms with E-state index in [1.54, 1.807) is 0 Å². The van der Waals surface area contributed by atoms with Gasteiger partial charge in [0.05, 0.1) is 15.1 Å². The van der Waals surface area contributed by atoms with Crippen LogP contribution in [-0.4, -0.2) is 15.4 Å². The number of nitrogens with zero attached hydrogens (tertiary/aromatic N) is 3. The summed E-state index contributed by atoms with van der Waals surface area (Å²) in [5.74, 6) is -0.422. The molecule has 0 aliphatic carbocycles. The van der Waals surface area contributed by atoms with Crippen LogP contribution in [0, 0.1) is 10.1 Å². The van der Waals surface area contributed by atoms with E-state index in [0.717, 1.165) is 14.7 Å². The quantitative estimate of drug-likeness (QED) is 0.485. The maximum Gasteiger partial charge on any atom is 0.279 e. The molecule has 0 aliphatic rings. The number of fused-ring (bicyclic) bond motifs is 1. The zero-order chi connectivity index (χ0) is 17.3. The largest absolute Gasteiger partial charge is 0.316 e. The van der Waals surface area contributed by atoms with Gasteiger partial charge in [0.15, 0.2) is 4.80 Å². The zero-order valence-electron chi connectivity index (χ0n) is 12.6. The number of aryl methyl sites for hydroxylation is 1. The van der Waals surface area contributed by atoms with Crippen molar-refractivity contribution < 1.29 is 9.72 Å². The van der Waals surface area contributed by atoms with Crippen molar-refractivity contribution in [3.05, 3.63) is 67.4 Å². The van der Waals surface area contributed by atoms with Gasteiger partial charge < -0.3 is 4.57 Å². The number of para-hydroxylation sites is 1. The number of amides is 1. The average molecular weight is 406 g/mol. The molecule has 0 aliphatic heterocycles. The number of halogens is 1. The Hall–Kier alpha value is -2.32. The highest BCUT2D eigenvalue weighted by Gasteiger charge is 2.12. The molecule has 6 nitrogen and oxygen atoms in total. The van der Waals surface area contributed by atoms with E-state index in [9.17, 15) is 14.9 Å². The van der Waals surface area contributed by atoms with Crippen LogP contribution in [0.3, 0.4) is 0 Å². The first kappa shape index (κ1) is 16.5. The molecule has 24 heavy (non-hydrogen) atoms. The molecule has 0 N–H and O–H groups in total. The number of carbonyl (C=O) groups excluding carboxylic acids is 1. The van der Waals surface area contributed by atoms with Gasteiger partial charge in [-0.3, -0.25) is 14.9 Å². The number of non-ortho nitro benzene ring substituents is 1. The summed E-state index contributed by atoms with van der Waals surface area (Å²) in [5, 5.41) is 10.7. The number of nitro groups is 1. The van der Waals surface area contributed by atoms with Crippen molar-refractivity contribution in [1.82, 2.24) is 4.57 Å². The Labute approximate surface area is 149 Å². The predicted octanol–water partition coefficient (Wildman–Crippen LogP) is 4.13. The minimum absolute atomic E-state index is 0.0547. The van der Waals surface area contributed by atoms with Crippen LogP contribution in [0.1, 0.15) is 17.3 Å². The second-order valence-electron chi connectivity index (χ2n) is 4.94. The molecule has 1 heterocycles. The first-order valence-electron chi connectivity index (χ1n) is 7.12. The van der Waals surface area contributed by atoms with Gasteiger partial charge in [-0.15, -0.1) is 0 Å². The first-order chi connectivity index (χ1) is 11.5. The molecule has 0 saturated heterocycles. The van der Waals surface area contributed by atoms with E-state index in [1.165, 1.54) is 35.6 Å². The van der Waals surface area contributed by atoms with Crippen molar-refractivity contribution in [2.24, 2.45) is 4.99 Å². The number of benzene rings is 2. The number of thiazole rings is 1. The van der Waals surface area contributed by atoms with Crippen molar-refractivity contribution >= 4 is 49.1 Å². The topological polar surface area (TPSA) is 77.5 Å². The van der Waals surface area contributed by atoms with Crippen molar-refractivity contribution in [1.29, 1.82) is 0 Å². The van der Waals surface area contributed by atoms with E-state index >= 15 is 0 Å². The third-order valence-corrected chi connectivity index (χ3v) is 5.17. The fourth-order valence-corrected chi connectivity index (χ4v) is 4.17. The monoisotopic (exact) mass is 405 g/mol. The highest BCUT2D eigenvalue weighted by molar-refractivity contribution is 9.10. The lowest BCUT2D eigenvalue weighted by molar-refractivity contribution is -0.384. The molecule has 2 aromatic carbocycles. The Bertz CT molecular complexity index is 1010. The van der Waals surface area contributed by atoms with Gasteiger partial charge in [-0.1, -0.05) is 17.4 Å². The Kier molecular flexibility index (Phi) is 4.59. The summed E-state index contributed by atoms with van der Waals surface area (Å²) in [6.45, 7) is 2.66. The predicted molar refractivity (Wildman–Crippen MR) is 96.2 cm³/mol. The zero-order valence-corrected chi connectivity index (χ0v) is 15.0. The van der Waals surface area contributed by atoms with E-state index in [1.807, 2.05) is 29.7 Å². The molecular formula is C16H12BrN3O3S. The summed E-state index contributed by atoms with van der Waals surface area (Å²) in [5.41, 5.74) is 1.26. The van der Waals surface area contributed by atoms with Gasteiger partial charge in [0.2, 0.25) is 0 Å². The fourth-order valence-electron chi connectivity index (χ4n) is 2.34. The Morgan fingerprint density at radius 2 is 2.00 bits per heavy atom.